The number of carbonyl (C=O) groups excluding carboxylic acids is 3. The number of fused-ring (bicyclic) bond motifs is 1. The molecule has 0 saturated heterocycles. The SMILES string of the molecule is CCCCc1cc2cc(NS(=O)(=O)c3ccc(OC)cc3)ccc2n1C(=O)CCCC(=O)NCC(N)=O. The van der Waals surface area contributed by atoms with Crippen molar-refractivity contribution in [2.24, 2.45) is 5.73 Å². The minimum absolute atomic E-state index is 0.0970. The molecule has 1 heterocycles. The van der Waals surface area contributed by atoms with Gasteiger partial charge < -0.3 is 15.8 Å². The summed E-state index contributed by atoms with van der Waals surface area (Å²) in [6.45, 7) is 1.83. The highest BCUT2D eigenvalue weighted by Crippen LogP contribution is 2.27. The number of rotatable bonds is 13. The molecule has 0 aliphatic heterocycles. The van der Waals surface area contributed by atoms with Crippen LogP contribution >= 0.6 is 0 Å². The molecule has 11 heteroatoms. The zero-order valence-corrected chi connectivity index (χ0v) is 21.8. The van der Waals surface area contributed by atoms with Gasteiger partial charge in [0.1, 0.15) is 5.75 Å². The number of ether oxygens (including phenoxy) is 1. The molecule has 0 radical (unpaired) electrons. The second-order valence-electron chi connectivity index (χ2n) is 8.62. The first kappa shape index (κ1) is 27.7. The fraction of sp³-hybridized carbons (Fsp3) is 0.346. The Morgan fingerprint density at radius 1 is 1.00 bits per heavy atom. The molecule has 0 bridgehead atoms. The van der Waals surface area contributed by atoms with E-state index < -0.39 is 15.9 Å². The highest BCUT2D eigenvalue weighted by atomic mass is 32.2. The average molecular weight is 529 g/mol. The second kappa shape index (κ2) is 12.4. The maximum absolute atomic E-state index is 13.1. The van der Waals surface area contributed by atoms with Crippen LogP contribution in [-0.4, -0.2) is 44.4 Å². The largest absolute Gasteiger partial charge is 0.497 e. The van der Waals surface area contributed by atoms with Gasteiger partial charge in [0.2, 0.25) is 17.7 Å². The molecular weight excluding hydrogens is 496 g/mol. The van der Waals surface area contributed by atoms with Gasteiger partial charge in [0, 0.05) is 29.6 Å². The number of methoxy groups -OCH3 is 1. The number of primary amides is 1. The van der Waals surface area contributed by atoms with Gasteiger partial charge in [-0.3, -0.25) is 23.7 Å². The summed E-state index contributed by atoms with van der Waals surface area (Å²) in [5.41, 5.74) is 6.90. The van der Waals surface area contributed by atoms with E-state index in [-0.39, 0.29) is 36.1 Å². The predicted octanol–water partition coefficient (Wildman–Crippen LogP) is 3.21. The topological polar surface area (TPSA) is 150 Å². The van der Waals surface area contributed by atoms with Gasteiger partial charge in [-0.2, -0.15) is 0 Å². The number of benzene rings is 2. The van der Waals surface area contributed by atoms with E-state index in [0.29, 0.717) is 29.8 Å². The molecule has 198 valence electrons. The average Bonchev–Trinajstić information content (AvgIpc) is 3.23. The molecule has 0 aliphatic carbocycles. The van der Waals surface area contributed by atoms with Gasteiger partial charge in [0.15, 0.2) is 0 Å². The van der Waals surface area contributed by atoms with Crippen molar-refractivity contribution >= 4 is 44.3 Å². The van der Waals surface area contributed by atoms with Crippen LogP contribution in [0.25, 0.3) is 10.9 Å². The molecule has 2 aromatic carbocycles. The number of nitrogens with one attached hydrogen (secondary N) is 2. The molecule has 2 amide bonds. The van der Waals surface area contributed by atoms with Crippen LogP contribution in [0.3, 0.4) is 0 Å². The van der Waals surface area contributed by atoms with E-state index in [1.54, 1.807) is 34.9 Å². The van der Waals surface area contributed by atoms with Crippen molar-refractivity contribution in [1.82, 2.24) is 9.88 Å². The number of anilines is 1. The molecule has 0 spiro atoms. The Labute approximate surface area is 216 Å². The molecule has 0 saturated carbocycles. The Morgan fingerprint density at radius 2 is 1.73 bits per heavy atom. The molecule has 10 nitrogen and oxygen atoms in total. The summed E-state index contributed by atoms with van der Waals surface area (Å²) in [7, 11) is -2.31. The summed E-state index contributed by atoms with van der Waals surface area (Å²) in [6, 6.07) is 13.0. The third kappa shape index (κ3) is 7.32. The van der Waals surface area contributed by atoms with E-state index >= 15 is 0 Å². The van der Waals surface area contributed by atoms with Crippen molar-refractivity contribution in [3.05, 3.63) is 54.2 Å². The molecule has 3 aromatic rings. The van der Waals surface area contributed by atoms with Crippen molar-refractivity contribution in [3.8, 4) is 5.75 Å². The lowest BCUT2D eigenvalue weighted by atomic mass is 10.2. The summed E-state index contributed by atoms with van der Waals surface area (Å²) in [4.78, 5) is 35.9. The number of carbonyl (C=O) groups is 3. The Bertz CT molecular complexity index is 1380. The van der Waals surface area contributed by atoms with E-state index in [9.17, 15) is 22.8 Å². The molecule has 1 aromatic heterocycles. The Morgan fingerprint density at radius 3 is 2.38 bits per heavy atom. The fourth-order valence-corrected chi connectivity index (χ4v) is 4.98. The van der Waals surface area contributed by atoms with E-state index in [2.05, 4.69) is 17.0 Å². The summed E-state index contributed by atoms with van der Waals surface area (Å²) in [5, 5.41) is 3.14. The summed E-state index contributed by atoms with van der Waals surface area (Å²) < 4.78 is 35.0. The van der Waals surface area contributed by atoms with Crippen LogP contribution in [0.1, 0.15) is 49.5 Å². The van der Waals surface area contributed by atoms with Crippen LogP contribution in [-0.2, 0) is 26.0 Å². The first-order valence-electron chi connectivity index (χ1n) is 12.0. The number of sulfonamides is 1. The van der Waals surface area contributed by atoms with Gasteiger partial charge in [-0.05, 0) is 67.8 Å². The third-order valence-electron chi connectivity index (χ3n) is 5.79. The number of nitrogens with two attached hydrogens (primary N) is 1. The van der Waals surface area contributed by atoms with Crippen LogP contribution < -0.4 is 20.5 Å². The number of amides is 2. The van der Waals surface area contributed by atoms with E-state index in [1.165, 1.54) is 19.2 Å². The van der Waals surface area contributed by atoms with Gasteiger partial charge in [-0.15, -0.1) is 0 Å². The zero-order chi connectivity index (χ0) is 27.0. The Balaban J connectivity index is 1.79. The standard InChI is InChI=1S/C26H32N4O6S/c1-3-4-6-20-16-18-15-19(29-37(34,35)22-12-10-21(36-2)11-13-22)9-14-23(18)30(20)26(33)8-5-7-25(32)28-17-24(27)31/h9-16,29H,3-8,17H2,1-2H3,(H2,27,31)(H,28,32). The monoisotopic (exact) mass is 528 g/mol. The molecule has 3 rings (SSSR count). The van der Waals surface area contributed by atoms with E-state index in [0.717, 1.165) is 23.9 Å². The first-order chi connectivity index (χ1) is 17.6. The minimum atomic E-state index is -3.82. The lowest BCUT2D eigenvalue weighted by Gasteiger charge is -2.11. The van der Waals surface area contributed by atoms with E-state index in [1.807, 2.05) is 6.07 Å². The molecule has 0 fully saturated rings. The second-order valence-corrected chi connectivity index (χ2v) is 10.3. The molecule has 0 atom stereocenters. The van der Waals surface area contributed by atoms with Gasteiger partial charge in [0.25, 0.3) is 10.0 Å². The van der Waals surface area contributed by atoms with Crippen LogP contribution in [0.4, 0.5) is 5.69 Å². The first-order valence-corrected chi connectivity index (χ1v) is 13.5. The van der Waals surface area contributed by atoms with Crippen LogP contribution in [0.5, 0.6) is 5.75 Å². The zero-order valence-electron chi connectivity index (χ0n) is 21.0. The molecule has 37 heavy (non-hydrogen) atoms. The third-order valence-corrected chi connectivity index (χ3v) is 7.19. The van der Waals surface area contributed by atoms with Crippen molar-refractivity contribution in [3.63, 3.8) is 0 Å². The summed E-state index contributed by atoms with van der Waals surface area (Å²) in [5.74, 6) is -0.578. The number of unbranched alkanes of at least 4 members (excludes halogenated alkanes) is 1. The van der Waals surface area contributed by atoms with Gasteiger partial charge in [0.05, 0.1) is 24.1 Å². The lowest BCUT2D eigenvalue weighted by molar-refractivity contribution is -0.124. The maximum atomic E-state index is 13.1. The summed E-state index contributed by atoms with van der Waals surface area (Å²) in [6.07, 6.45) is 3.07. The van der Waals surface area contributed by atoms with Crippen LogP contribution in [0.2, 0.25) is 0 Å². The molecular formula is C26H32N4O6S. The number of nitrogens with zero attached hydrogens (tertiary/aromatic N) is 1. The van der Waals surface area contributed by atoms with Crippen molar-refractivity contribution in [1.29, 1.82) is 0 Å². The number of aromatic nitrogens is 1. The highest BCUT2D eigenvalue weighted by molar-refractivity contribution is 7.92. The smallest absolute Gasteiger partial charge is 0.261 e. The van der Waals surface area contributed by atoms with Gasteiger partial charge >= 0.3 is 0 Å². The number of hydrogen-bond acceptors (Lipinski definition) is 6. The van der Waals surface area contributed by atoms with Crippen molar-refractivity contribution < 1.29 is 27.5 Å². The Kier molecular flexibility index (Phi) is 9.29. The van der Waals surface area contributed by atoms with Crippen molar-refractivity contribution in [2.75, 3.05) is 18.4 Å². The molecule has 0 aliphatic rings. The molecule has 0 unspecified atom stereocenters. The quantitative estimate of drug-likeness (QED) is 0.310. The minimum Gasteiger partial charge on any atom is -0.497 e. The summed E-state index contributed by atoms with van der Waals surface area (Å²) >= 11 is 0. The van der Waals surface area contributed by atoms with Crippen LogP contribution in [0, 0.1) is 0 Å². The van der Waals surface area contributed by atoms with E-state index in [4.69, 9.17) is 10.5 Å². The lowest BCUT2D eigenvalue weighted by Crippen LogP contribution is -2.33. The van der Waals surface area contributed by atoms with Gasteiger partial charge in [-0.25, -0.2) is 8.42 Å². The fourth-order valence-electron chi connectivity index (χ4n) is 3.93. The van der Waals surface area contributed by atoms with Crippen molar-refractivity contribution in [2.45, 2.75) is 50.3 Å². The normalized spacial score (nSPS) is 11.3. The maximum Gasteiger partial charge on any atom is 0.261 e. The number of aryl methyl sites for hydroxylation is 1. The highest BCUT2D eigenvalue weighted by Gasteiger charge is 2.18. The predicted molar refractivity (Wildman–Crippen MR) is 141 cm³/mol. The van der Waals surface area contributed by atoms with Crippen LogP contribution in [0.15, 0.2) is 53.4 Å². The molecule has 4 N–H and O–H groups in total. The number of hydrogen-bond donors (Lipinski definition) is 3. The Hall–Kier alpha value is -3.86. The van der Waals surface area contributed by atoms with Gasteiger partial charge in [-0.1, -0.05) is 13.3 Å².